The van der Waals surface area contributed by atoms with Crippen LogP contribution in [0.4, 0.5) is 0 Å². The van der Waals surface area contributed by atoms with E-state index in [1.807, 2.05) is 44.2 Å². The van der Waals surface area contributed by atoms with Crippen LogP contribution >= 0.6 is 15.9 Å². The Bertz CT molecular complexity index is 699. The molecule has 0 aliphatic heterocycles. The number of rotatable bonds is 5. The molecule has 2 aromatic rings. The van der Waals surface area contributed by atoms with Gasteiger partial charge < -0.3 is 4.74 Å². The minimum absolute atomic E-state index is 0.0904. The second-order valence-corrected chi connectivity index (χ2v) is 5.73. The van der Waals surface area contributed by atoms with E-state index in [0.717, 1.165) is 15.6 Å². The lowest BCUT2D eigenvalue weighted by Crippen LogP contribution is -2.24. The molecule has 0 heterocycles. The zero-order valence-electron chi connectivity index (χ0n) is 12.5. The zero-order valence-corrected chi connectivity index (χ0v) is 14.1. The molecule has 2 rings (SSSR count). The van der Waals surface area contributed by atoms with E-state index in [4.69, 9.17) is 4.74 Å². The maximum atomic E-state index is 11.7. The molecular formula is C17H17BrN2O2. The molecule has 2 aromatic carbocycles. The Labute approximate surface area is 138 Å². The molecule has 5 heteroatoms. The van der Waals surface area contributed by atoms with Crippen molar-refractivity contribution in [3.63, 3.8) is 0 Å². The Morgan fingerprint density at radius 1 is 1.27 bits per heavy atom. The minimum Gasteiger partial charge on any atom is -0.483 e. The van der Waals surface area contributed by atoms with Crippen LogP contribution in [0.15, 0.2) is 52.0 Å². The molecule has 1 N–H and O–H groups in total. The van der Waals surface area contributed by atoms with Gasteiger partial charge >= 0.3 is 0 Å². The van der Waals surface area contributed by atoms with Crippen LogP contribution in [-0.4, -0.2) is 18.7 Å². The Balaban J connectivity index is 1.85. The molecule has 0 saturated carbocycles. The van der Waals surface area contributed by atoms with E-state index in [0.29, 0.717) is 5.75 Å². The first kappa shape index (κ1) is 16.2. The van der Waals surface area contributed by atoms with E-state index in [2.05, 4.69) is 32.5 Å². The van der Waals surface area contributed by atoms with Crippen molar-refractivity contribution in [3.05, 3.63) is 63.6 Å². The molecular weight excluding hydrogens is 344 g/mol. The molecule has 0 atom stereocenters. The number of hydrogen-bond acceptors (Lipinski definition) is 3. The van der Waals surface area contributed by atoms with Gasteiger partial charge in [-0.05, 0) is 53.0 Å². The number of halogens is 1. The Morgan fingerprint density at radius 3 is 2.77 bits per heavy atom. The van der Waals surface area contributed by atoms with Gasteiger partial charge in [-0.3, -0.25) is 4.79 Å². The van der Waals surface area contributed by atoms with Crippen LogP contribution in [0.1, 0.15) is 16.7 Å². The van der Waals surface area contributed by atoms with E-state index in [-0.39, 0.29) is 12.5 Å². The van der Waals surface area contributed by atoms with Crippen molar-refractivity contribution >= 4 is 28.1 Å². The highest BCUT2D eigenvalue weighted by molar-refractivity contribution is 9.10. The summed E-state index contributed by atoms with van der Waals surface area (Å²) in [5, 5.41) is 3.95. The van der Waals surface area contributed by atoms with Crippen LogP contribution in [0.25, 0.3) is 0 Å². The number of benzene rings is 2. The third-order valence-corrected chi connectivity index (χ3v) is 3.67. The van der Waals surface area contributed by atoms with Gasteiger partial charge in [0.25, 0.3) is 5.91 Å². The summed E-state index contributed by atoms with van der Waals surface area (Å²) in [7, 11) is 0. The smallest absolute Gasteiger partial charge is 0.277 e. The van der Waals surface area contributed by atoms with Gasteiger partial charge in [-0.15, -0.1) is 0 Å². The van der Waals surface area contributed by atoms with E-state index < -0.39 is 0 Å². The summed E-state index contributed by atoms with van der Waals surface area (Å²) in [5.41, 5.74) is 5.73. The summed E-state index contributed by atoms with van der Waals surface area (Å²) in [6, 6.07) is 13.4. The molecule has 1 amide bonds. The summed E-state index contributed by atoms with van der Waals surface area (Å²) >= 11 is 3.36. The van der Waals surface area contributed by atoms with Crippen LogP contribution in [0, 0.1) is 13.8 Å². The number of nitrogens with zero attached hydrogens (tertiary/aromatic N) is 1. The Morgan fingerprint density at radius 2 is 2.05 bits per heavy atom. The Hall–Kier alpha value is -2.14. The normalized spacial score (nSPS) is 10.7. The van der Waals surface area contributed by atoms with Crippen molar-refractivity contribution in [2.24, 2.45) is 5.10 Å². The molecule has 114 valence electrons. The van der Waals surface area contributed by atoms with Gasteiger partial charge in [-0.1, -0.05) is 35.9 Å². The first-order chi connectivity index (χ1) is 10.6. The van der Waals surface area contributed by atoms with Crippen molar-refractivity contribution in [2.75, 3.05) is 6.61 Å². The second-order valence-electron chi connectivity index (χ2n) is 4.87. The van der Waals surface area contributed by atoms with Crippen LogP contribution in [0.3, 0.4) is 0 Å². The Kier molecular flexibility index (Phi) is 5.72. The quantitative estimate of drug-likeness (QED) is 0.654. The highest BCUT2D eigenvalue weighted by atomic mass is 79.9. The molecule has 0 aliphatic rings. The van der Waals surface area contributed by atoms with Gasteiger partial charge in [0.15, 0.2) is 6.61 Å². The molecule has 0 spiro atoms. The van der Waals surface area contributed by atoms with Gasteiger partial charge in [0.2, 0.25) is 0 Å². The van der Waals surface area contributed by atoms with Crippen LogP contribution in [0.2, 0.25) is 0 Å². The number of carbonyl (C=O) groups is 1. The molecule has 0 aliphatic carbocycles. The van der Waals surface area contributed by atoms with Gasteiger partial charge in [-0.25, -0.2) is 5.43 Å². The number of ether oxygens (including phenoxy) is 1. The molecule has 0 saturated heterocycles. The van der Waals surface area contributed by atoms with Crippen LogP contribution < -0.4 is 10.2 Å². The van der Waals surface area contributed by atoms with Gasteiger partial charge in [-0.2, -0.15) is 5.10 Å². The number of nitrogens with one attached hydrogen (secondary N) is 1. The second kappa shape index (κ2) is 7.75. The van der Waals surface area contributed by atoms with Gasteiger partial charge in [0.1, 0.15) is 5.75 Å². The van der Waals surface area contributed by atoms with Crippen molar-refractivity contribution in [2.45, 2.75) is 13.8 Å². The summed E-state index contributed by atoms with van der Waals surface area (Å²) in [4.78, 5) is 11.7. The van der Waals surface area contributed by atoms with E-state index in [1.54, 1.807) is 12.3 Å². The third-order valence-electron chi connectivity index (χ3n) is 3.01. The molecule has 0 unspecified atom stereocenters. The summed E-state index contributed by atoms with van der Waals surface area (Å²) in [5.74, 6) is 0.313. The van der Waals surface area contributed by atoms with Crippen LogP contribution in [0.5, 0.6) is 5.75 Å². The number of para-hydroxylation sites is 1. The van der Waals surface area contributed by atoms with Gasteiger partial charge in [0.05, 0.1) is 10.7 Å². The standard InChI is InChI=1S/C17H17BrN2O2/c1-12-7-8-14(13(2)9-12)10-19-20-17(21)11-22-16-6-4-3-5-15(16)18/h3-10H,11H2,1-2H3,(H,20,21)/b19-10+. The zero-order chi connectivity index (χ0) is 15.9. The fourth-order valence-corrected chi connectivity index (χ4v) is 2.28. The molecule has 0 fully saturated rings. The molecule has 0 bridgehead atoms. The first-order valence-electron chi connectivity index (χ1n) is 6.83. The SMILES string of the molecule is Cc1ccc(/C=N/NC(=O)COc2ccccc2Br)c(C)c1. The third kappa shape index (κ3) is 4.70. The average Bonchev–Trinajstić information content (AvgIpc) is 2.49. The number of hydrazone groups is 1. The minimum atomic E-state index is -0.309. The predicted octanol–water partition coefficient (Wildman–Crippen LogP) is 3.60. The van der Waals surface area contributed by atoms with E-state index in [1.165, 1.54) is 5.56 Å². The number of aryl methyl sites for hydroxylation is 2. The molecule has 22 heavy (non-hydrogen) atoms. The highest BCUT2D eigenvalue weighted by Crippen LogP contribution is 2.23. The number of hydrogen-bond donors (Lipinski definition) is 1. The molecule has 0 radical (unpaired) electrons. The van der Waals surface area contributed by atoms with Crippen molar-refractivity contribution < 1.29 is 9.53 Å². The first-order valence-corrected chi connectivity index (χ1v) is 7.62. The maximum Gasteiger partial charge on any atom is 0.277 e. The molecule has 0 aromatic heterocycles. The van der Waals surface area contributed by atoms with Crippen LogP contribution in [-0.2, 0) is 4.79 Å². The van der Waals surface area contributed by atoms with Gasteiger partial charge in [0, 0.05) is 0 Å². The van der Waals surface area contributed by atoms with E-state index >= 15 is 0 Å². The average molecular weight is 361 g/mol. The maximum absolute atomic E-state index is 11.7. The largest absolute Gasteiger partial charge is 0.483 e. The fourth-order valence-electron chi connectivity index (χ4n) is 1.88. The predicted molar refractivity (Wildman–Crippen MR) is 91.3 cm³/mol. The molecule has 4 nitrogen and oxygen atoms in total. The lowest BCUT2D eigenvalue weighted by molar-refractivity contribution is -0.123. The number of carbonyl (C=O) groups excluding carboxylic acids is 1. The van der Waals surface area contributed by atoms with Crippen molar-refractivity contribution in [1.29, 1.82) is 0 Å². The lowest BCUT2D eigenvalue weighted by atomic mass is 10.1. The fraction of sp³-hybridized carbons (Fsp3) is 0.176. The monoisotopic (exact) mass is 360 g/mol. The topological polar surface area (TPSA) is 50.7 Å². The highest BCUT2D eigenvalue weighted by Gasteiger charge is 2.04. The summed E-state index contributed by atoms with van der Waals surface area (Å²) in [6.07, 6.45) is 1.63. The summed E-state index contributed by atoms with van der Waals surface area (Å²) < 4.78 is 6.22. The number of amides is 1. The van der Waals surface area contributed by atoms with Crippen molar-refractivity contribution in [1.82, 2.24) is 5.43 Å². The summed E-state index contributed by atoms with van der Waals surface area (Å²) in [6.45, 7) is 3.95. The lowest BCUT2D eigenvalue weighted by Gasteiger charge is -2.06. The van der Waals surface area contributed by atoms with E-state index in [9.17, 15) is 4.79 Å². The van der Waals surface area contributed by atoms with Crippen molar-refractivity contribution in [3.8, 4) is 5.75 Å².